The molecule has 1 N–H and O–H groups in total. The molecule has 1 amide bonds. The van der Waals surface area contributed by atoms with Crippen LogP contribution in [0.5, 0.6) is 0 Å². The molecule has 0 unspecified atom stereocenters. The first kappa shape index (κ1) is 14.4. The highest BCUT2D eigenvalue weighted by molar-refractivity contribution is 5.93. The molecule has 0 heterocycles. The second kappa shape index (κ2) is 5.94. The van der Waals surface area contributed by atoms with Crippen LogP contribution in [0, 0.1) is 0 Å². The van der Waals surface area contributed by atoms with E-state index in [2.05, 4.69) is 5.32 Å². The summed E-state index contributed by atoms with van der Waals surface area (Å²) in [5.74, 6) is -0.314. The lowest BCUT2D eigenvalue weighted by molar-refractivity contribution is -0.118. The van der Waals surface area contributed by atoms with Gasteiger partial charge in [0.05, 0.1) is 0 Å². The van der Waals surface area contributed by atoms with Crippen LogP contribution in [0.4, 0.5) is 13.2 Å². The molecular weight excluding hydrogens is 267 g/mol. The van der Waals surface area contributed by atoms with Gasteiger partial charge in [0.2, 0.25) is 5.91 Å². The summed E-state index contributed by atoms with van der Waals surface area (Å²) in [7, 11) is 0. The maximum absolute atomic E-state index is 12.4. The normalized spacial score (nSPS) is 15.3. The van der Waals surface area contributed by atoms with Crippen LogP contribution < -0.4 is 5.32 Å². The Hall–Kier alpha value is -2.04. The fraction of sp³-hybridized carbons (Fsp3) is 0.267. The Kier molecular flexibility index (Phi) is 4.27. The minimum Gasteiger partial charge on any atom is -0.348 e. The van der Waals surface area contributed by atoms with Crippen molar-refractivity contribution in [2.45, 2.75) is 25.6 Å². The average molecular weight is 281 g/mol. The Balaban J connectivity index is 1.94. The first-order chi connectivity index (χ1) is 9.47. The van der Waals surface area contributed by atoms with Crippen LogP contribution in [-0.4, -0.2) is 12.1 Å². The molecule has 0 radical (unpaired) electrons. The van der Waals surface area contributed by atoms with E-state index in [9.17, 15) is 18.0 Å². The summed E-state index contributed by atoms with van der Waals surface area (Å²) < 4.78 is 37.3. The van der Waals surface area contributed by atoms with Gasteiger partial charge in [-0.05, 0) is 18.4 Å². The molecule has 2 rings (SSSR count). The summed E-state index contributed by atoms with van der Waals surface area (Å²) in [5.41, 5.74) is 0.745. The average Bonchev–Trinajstić information content (AvgIpc) is 2.45. The monoisotopic (exact) mass is 281 g/mol. The zero-order valence-corrected chi connectivity index (χ0v) is 10.7. The third-order valence-corrected chi connectivity index (χ3v) is 3.10. The number of carbonyl (C=O) groups excluding carboxylic acids is 1. The molecule has 0 saturated carbocycles. The summed E-state index contributed by atoms with van der Waals surface area (Å²) in [5, 5.41) is 2.70. The second-order valence-corrected chi connectivity index (χ2v) is 4.55. The lowest BCUT2D eigenvalue weighted by atomic mass is 9.97. The standard InChI is InChI=1S/C15H14F3NO/c16-15(17,18)13-8-6-12(7-9-13)14(20)19-10-11-4-2-1-3-5-11/h1-6,8H,7,9-10H2,(H,19,20). The van der Waals surface area contributed by atoms with E-state index in [0.717, 1.165) is 11.6 Å². The van der Waals surface area contributed by atoms with Gasteiger partial charge in [0.25, 0.3) is 0 Å². The molecule has 2 nitrogen and oxygen atoms in total. The van der Waals surface area contributed by atoms with Crippen molar-refractivity contribution in [3.05, 3.63) is 59.2 Å². The Labute approximate surface area is 115 Å². The van der Waals surface area contributed by atoms with Crippen molar-refractivity contribution in [2.75, 3.05) is 0 Å². The molecule has 5 heteroatoms. The largest absolute Gasteiger partial charge is 0.412 e. The zero-order valence-electron chi connectivity index (χ0n) is 10.7. The molecule has 0 aliphatic heterocycles. The number of allylic oxidation sites excluding steroid dienone is 3. The predicted octanol–water partition coefficient (Wildman–Crippen LogP) is 3.51. The van der Waals surface area contributed by atoms with E-state index >= 15 is 0 Å². The Morgan fingerprint density at radius 3 is 2.35 bits per heavy atom. The molecule has 1 aliphatic carbocycles. The van der Waals surface area contributed by atoms with E-state index < -0.39 is 11.7 Å². The Morgan fingerprint density at radius 1 is 1.10 bits per heavy atom. The van der Waals surface area contributed by atoms with E-state index in [4.69, 9.17) is 0 Å². The summed E-state index contributed by atoms with van der Waals surface area (Å²) in [6, 6.07) is 9.34. The van der Waals surface area contributed by atoms with Crippen molar-refractivity contribution in [3.63, 3.8) is 0 Å². The van der Waals surface area contributed by atoms with Gasteiger partial charge in [-0.15, -0.1) is 0 Å². The van der Waals surface area contributed by atoms with Gasteiger partial charge in [-0.2, -0.15) is 13.2 Å². The number of amides is 1. The number of benzene rings is 1. The molecule has 20 heavy (non-hydrogen) atoms. The van der Waals surface area contributed by atoms with Crippen molar-refractivity contribution in [2.24, 2.45) is 0 Å². The minimum atomic E-state index is -4.30. The molecule has 0 fully saturated rings. The third kappa shape index (κ3) is 3.73. The molecule has 0 bridgehead atoms. The molecule has 0 saturated heterocycles. The topological polar surface area (TPSA) is 29.1 Å². The lowest BCUT2D eigenvalue weighted by Crippen LogP contribution is -2.26. The second-order valence-electron chi connectivity index (χ2n) is 4.55. The van der Waals surface area contributed by atoms with E-state index in [1.807, 2.05) is 30.3 Å². The number of rotatable bonds is 3. The van der Waals surface area contributed by atoms with E-state index in [-0.39, 0.29) is 18.7 Å². The number of hydrogen-bond acceptors (Lipinski definition) is 1. The van der Waals surface area contributed by atoms with Gasteiger partial charge in [0, 0.05) is 17.7 Å². The molecule has 106 valence electrons. The first-order valence-corrected chi connectivity index (χ1v) is 6.26. The SMILES string of the molecule is O=C(NCc1ccccc1)C1=CC=C(C(F)(F)F)CC1. The molecule has 0 spiro atoms. The third-order valence-electron chi connectivity index (χ3n) is 3.10. The summed E-state index contributed by atoms with van der Waals surface area (Å²) in [4.78, 5) is 11.8. The van der Waals surface area contributed by atoms with Crippen molar-refractivity contribution in [1.82, 2.24) is 5.32 Å². The van der Waals surface area contributed by atoms with Crippen LogP contribution in [0.1, 0.15) is 18.4 Å². The highest BCUT2D eigenvalue weighted by Crippen LogP contribution is 2.32. The quantitative estimate of drug-likeness (QED) is 0.902. The first-order valence-electron chi connectivity index (χ1n) is 6.26. The van der Waals surface area contributed by atoms with Crippen molar-refractivity contribution in [1.29, 1.82) is 0 Å². The minimum absolute atomic E-state index is 0.117. The summed E-state index contributed by atoms with van der Waals surface area (Å²) in [6.07, 6.45) is -2.09. The lowest BCUT2D eigenvalue weighted by Gasteiger charge is -2.16. The van der Waals surface area contributed by atoms with Crippen LogP contribution >= 0.6 is 0 Å². The molecular formula is C15H14F3NO. The number of hydrogen-bond donors (Lipinski definition) is 1. The fourth-order valence-electron chi connectivity index (χ4n) is 1.95. The van der Waals surface area contributed by atoms with Crippen LogP contribution in [0.15, 0.2) is 53.6 Å². The van der Waals surface area contributed by atoms with Gasteiger partial charge in [-0.3, -0.25) is 4.79 Å². The van der Waals surface area contributed by atoms with E-state index in [0.29, 0.717) is 12.1 Å². The molecule has 1 aliphatic rings. The fourth-order valence-corrected chi connectivity index (χ4v) is 1.95. The summed E-state index contributed by atoms with van der Waals surface area (Å²) in [6.45, 7) is 0.368. The van der Waals surface area contributed by atoms with Gasteiger partial charge in [-0.1, -0.05) is 42.5 Å². The number of nitrogens with one attached hydrogen (secondary N) is 1. The number of halogens is 3. The van der Waals surface area contributed by atoms with Crippen molar-refractivity contribution in [3.8, 4) is 0 Å². The van der Waals surface area contributed by atoms with Crippen LogP contribution in [0.25, 0.3) is 0 Å². The van der Waals surface area contributed by atoms with Gasteiger partial charge >= 0.3 is 6.18 Å². The molecule has 1 aromatic carbocycles. The number of carbonyl (C=O) groups is 1. The van der Waals surface area contributed by atoms with E-state index in [1.165, 1.54) is 6.08 Å². The van der Waals surface area contributed by atoms with E-state index in [1.54, 1.807) is 0 Å². The smallest absolute Gasteiger partial charge is 0.348 e. The molecule has 0 atom stereocenters. The van der Waals surface area contributed by atoms with Gasteiger partial charge in [0.15, 0.2) is 0 Å². The summed E-state index contributed by atoms with van der Waals surface area (Å²) >= 11 is 0. The highest BCUT2D eigenvalue weighted by atomic mass is 19.4. The van der Waals surface area contributed by atoms with Gasteiger partial charge in [-0.25, -0.2) is 0 Å². The van der Waals surface area contributed by atoms with Crippen molar-refractivity contribution < 1.29 is 18.0 Å². The maximum Gasteiger partial charge on any atom is 0.412 e. The maximum atomic E-state index is 12.4. The van der Waals surface area contributed by atoms with Crippen LogP contribution in [0.3, 0.4) is 0 Å². The Morgan fingerprint density at radius 2 is 1.80 bits per heavy atom. The van der Waals surface area contributed by atoms with Crippen molar-refractivity contribution >= 4 is 5.91 Å². The Bertz CT molecular complexity index is 544. The zero-order chi connectivity index (χ0) is 14.6. The molecule has 1 aromatic rings. The van der Waals surface area contributed by atoms with Crippen LogP contribution in [-0.2, 0) is 11.3 Å². The number of alkyl halides is 3. The predicted molar refractivity (Wildman–Crippen MR) is 69.7 cm³/mol. The van der Waals surface area contributed by atoms with Crippen LogP contribution in [0.2, 0.25) is 0 Å². The molecule has 0 aromatic heterocycles. The highest BCUT2D eigenvalue weighted by Gasteiger charge is 2.34. The van der Waals surface area contributed by atoms with Gasteiger partial charge < -0.3 is 5.32 Å². The van der Waals surface area contributed by atoms with Gasteiger partial charge in [0.1, 0.15) is 0 Å².